The number of rotatable bonds is 4. The van der Waals surface area contributed by atoms with Crippen molar-refractivity contribution in [1.82, 2.24) is 34.8 Å². The van der Waals surface area contributed by atoms with Gasteiger partial charge in [-0.1, -0.05) is 35.9 Å². The number of hydrogen-bond donors (Lipinski definition) is 1. The van der Waals surface area contributed by atoms with Gasteiger partial charge < -0.3 is 9.47 Å². The van der Waals surface area contributed by atoms with Crippen LogP contribution in [0.2, 0.25) is 0 Å². The number of hydrogen-bond acceptors (Lipinski definition) is 5. The molecule has 0 radical (unpaired) electrons. The SMILES string of the molecule is Cc1ccc(-c2cc(C(=O)N3CCc4nnc(Cc5cccnc5)n4CC3)[nH]n2)cc1. The summed E-state index contributed by atoms with van der Waals surface area (Å²) in [4.78, 5) is 19.1. The first-order valence-electron chi connectivity index (χ1n) is 10.4. The highest BCUT2D eigenvalue weighted by molar-refractivity contribution is 5.93. The molecule has 1 amide bonds. The molecule has 3 aromatic heterocycles. The van der Waals surface area contributed by atoms with E-state index in [4.69, 9.17) is 0 Å². The van der Waals surface area contributed by atoms with E-state index in [1.165, 1.54) is 5.56 Å². The molecule has 0 spiro atoms. The summed E-state index contributed by atoms with van der Waals surface area (Å²) in [6, 6.07) is 13.9. The van der Waals surface area contributed by atoms with Crippen molar-refractivity contribution in [3.63, 3.8) is 0 Å². The molecular formula is C23H23N7O. The minimum atomic E-state index is -0.0432. The van der Waals surface area contributed by atoms with Crippen LogP contribution in [0, 0.1) is 6.92 Å². The van der Waals surface area contributed by atoms with Gasteiger partial charge in [0.2, 0.25) is 0 Å². The molecule has 4 heterocycles. The molecule has 8 heteroatoms. The first-order valence-corrected chi connectivity index (χ1v) is 10.4. The van der Waals surface area contributed by atoms with E-state index in [0.29, 0.717) is 38.2 Å². The number of nitrogens with zero attached hydrogens (tertiary/aromatic N) is 6. The highest BCUT2D eigenvalue weighted by Gasteiger charge is 2.24. The number of benzene rings is 1. The lowest BCUT2D eigenvalue weighted by molar-refractivity contribution is 0.0753. The Bertz CT molecular complexity index is 1190. The number of aryl methyl sites for hydroxylation is 1. The Morgan fingerprint density at radius 1 is 1.10 bits per heavy atom. The molecule has 0 unspecified atom stereocenters. The quantitative estimate of drug-likeness (QED) is 0.555. The number of fused-ring (bicyclic) bond motifs is 1. The molecule has 1 N–H and O–H groups in total. The summed E-state index contributed by atoms with van der Waals surface area (Å²) in [6.07, 6.45) is 4.95. The molecule has 156 valence electrons. The van der Waals surface area contributed by atoms with Crippen LogP contribution >= 0.6 is 0 Å². The number of carbonyl (C=O) groups is 1. The molecule has 0 saturated heterocycles. The monoisotopic (exact) mass is 413 g/mol. The fourth-order valence-electron chi connectivity index (χ4n) is 3.88. The average molecular weight is 413 g/mol. The number of nitrogens with one attached hydrogen (secondary N) is 1. The van der Waals surface area contributed by atoms with Crippen molar-refractivity contribution < 1.29 is 4.79 Å². The number of carbonyl (C=O) groups excluding carboxylic acids is 1. The van der Waals surface area contributed by atoms with Crippen LogP contribution in [0.1, 0.15) is 33.3 Å². The zero-order valence-electron chi connectivity index (χ0n) is 17.3. The van der Waals surface area contributed by atoms with E-state index in [1.807, 2.05) is 60.5 Å². The molecule has 1 aliphatic rings. The fraction of sp³-hybridized carbons (Fsp3) is 0.261. The number of H-pyrrole nitrogens is 1. The van der Waals surface area contributed by atoms with Gasteiger partial charge in [0.25, 0.3) is 5.91 Å². The topological polar surface area (TPSA) is 92.6 Å². The van der Waals surface area contributed by atoms with Crippen molar-refractivity contribution in [3.8, 4) is 11.3 Å². The Morgan fingerprint density at radius 3 is 2.77 bits per heavy atom. The Kier molecular flexibility index (Phi) is 5.03. The van der Waals surface area contributed by atoms with Crippen LogP contribution in [0.3, 0.4) is 0 Å². The van der Waals surface area contributed by atoms with E-state index in [0.717, 1.165) is 28.5 Å². The molecule has 31 heavy (non-hydrogen) atoms. The summed E-state index contributed by atoms with van der Waals surface area (Å²) < 4.78 is 2.13. The van der Waals surface area contributed by atoms with Gasteiger partial charge in [0, 0.05) is 50.4 Å². The number of aromatic nitrogens is 6. The molecule has 5 rings (SSSR count). The van der Waals surface area contributed by atoms with E-state index in [2.05, 4.69) is 29.9 Å². The van der Waals surface area contributed by atoms with E-state index in [9.17, 15) is 4.79 Å². The smallest absolute Gasteiger partial charge is 0.271 e. The number of amides is 1. The normalized spacial score (nSPS) is 13.6. The Balaban J connectivity index is 1.29. The first-order chi connectivity index (χ1) is 15.2. The largest absolute Gasteiger partial charge is 0.335 e. The second kappa shape index (κ2) is 8.14. The van der Waals surface area contributed by atoms with Gasteiger partial charge in [-0.25, -0.2) is 0 Å². The lowest BCUT2D eigenvalue weighted by Gasteiger charge is -2.19. The van der Waals surface area contributed by atoms with E-state index < -0.39 is 0 Å². The standard InChI is InChI=1S/C23H23N7O/c1-16-4-6-18(7-5-16)19-14-20(26-25-19)23(31)29-10-8-21-27-28-22(30(21)12-11-29)13-17-3-2-9-24-15-17/h2-7,9,14-15H,8,10-13H2,1H3,(H,25,26). The van der Waals surface area contributed by atoms with E-state index >= 15 is 0 Å². The zero-order valence-corrected chi connectivity index (χ0v) is 17.3. The summed E-state index contributed by atoms with van der Waals surface area (Å²) in [5, 5.41) is 16.0. The summed E-state index contributed by atoms with van der Waals surface area (Å²) in [5.74, 6) is 1.78. The number of aromatic amines is 1. The predicted octanol–water partition coefficient (Wildman–Crippen LogP) is 2.66. The van der Waals surface area contributed by atoms with Gasteiger partial charge in [0.15, 0.2) is 0 Å². The van der Waals surface area contributed by atoms with Crippen molar-refractivity contribution >= 4 is 5.91 Å². The zero-order chi connectivity index (χ0) is 21.2. The molecule has 0 aliphatic carbocycles. The van der Waals surface area contributed by atoms with Gasteiger partial charge in [-0.3, -0.25) is 14.9 Å². The van der Waals surface area contributed by atoms with Crippen LogP contribution in [0.15, 0.2) is 54.9 Å². The second-order valence-corrected chi connectivity index (χ2v) is 7.80. The van der Waals surface area contributed by atoms with Gasteiger partial charge in [0.05, 0.1) is 5.69 Å². The maximum Gasteiger partial charge on any atom is 0.271 e. The van der Waals surface area contributed by atoms with Crippen molar-refractivity contribution in [2.45, 2.75) is 26.3 Å². The Morgan fingerprint density at radius 2 is 1.97 bits per heavy atom. The van der Waals surface area contributed by atoms with Crippen LogP contribution in [0.25, 0.3) is 11.3 Å². The van der Waals surface area contributed by atoms with Gasteiger partial charge in [-0.2, -0.15) is 5.10 Å². The third kappa shape index (κ3) is 3.96. The highest BCUT2D eigenvalue weighted by Crippen LogP contribution is 2.20. The minimum Gasteiger partial charge on any atom is -0.335 e. The Labute approximate surface area is 180 Å². The van der Waals surface area contributed by atoms with Crippen LogP contribution in [-0.2, 0) is 19.4 Å². The predicted molar refractivity (Wildman–Crippen MR) is 115 cm³/mol. The molecule has 0 fully saturated rings. The van der Waals surface area contributed by atoms with Crippen LogP contribution < -0.4 is 0 Å². The van der Waals surface area contributed by atoms with E-state index in [-0.39, 0.29) is 5.91 Å². The third-order valence-electron chi connectivity index (χ3n) is 5.63. The summed E-state index contributed by atoms with van der Waals surface area (Å²) >= 11 is 0. The van der Waals surface area contributed by atoms with Crippen LogP contribution in [0.4, 0.5) is 0 Å². The Hall–Kier alpha value is -3.81. The summed E-state index contributed by atoms with van der Waals surface area (Å²) in [7, 11) is 0. The molecular weight excluding hydrogens is 390 g/mol. The van der Waals surface area contributed by atoms with Crippen molar-refractivity contribution in [1.29, 1.82) is 0 Å². The van der Waals surface area contributed by atoms with Gasteiger partial charge in [0.1, 0.15) is 17.3 Å². The maximum atomic E-state index is 13.1. The minimum absolute atomic E-state index is 0.0432. The average Bonchev–Trinajstić information content (AvgIpc) is 3.37. The third-order valence-corrected chi connectivity index (χ3v) is 5.63. The maximum absolute atomic E-state index is 13.1. The van der Waals surface area contributed by atoms with Crippen LogP contribution in [-0.4, -0.2) is 53.8 Å². The molecule has 0 saturated carbocycles. The van der Waals surface area contributed by atoms with Crippen LogP contribution in [0.5, 0.6) is 0 Å². The van der Waals surface area contributed by atoms with Gasteiger partial charge in [-0.15, -0.1) is 10.2 Å². The van der Waals surface area contributed by atoms with Crippen molar-refractivity contribution in [2.24, 2.45) is 0 Å². The van der Waals surface area contributed by atoms with E-state index in [1.54, 1.807) is 6.20 Å². The summed E-state index contributed by atoms with van der Waals surface area (Å²) in [5.41, 5.74) is 4.55. The van der Waals surface area contributed by atoms with Crippen molar-refractivity contribution in [3.05, 3.63) is 83.3 Å². The fourth-order valence-corrected chi connectivity index (χ4v) is 3.88. The van der Waals surface area contributed by atoms with Crippen molar-refractivity contribution in [2.75, 3.05) is 13.1 Å². The second-order valence-electron chi connectivity index (χ2n) is 7.80. The highest BCUT2D eigenvalue weighted by atomic mass is 16.2. The lowest BCUT2D eigenvalue weighted by atomic mass is 10.1. The van der Waals surface area contributed by atoms with Gasteiger partial charge >= 0.3 is 0 Å². The lowest BCUT2D eigenvalue weighted by Crippen LogP contribution is -2.34. The molecule has 1 aromatic carbocycles. The molecule has 1 aliphatic heterocycles. The molecule has 4 aromatic rings. The number of pyridine rings is 1. The molecule has 8 nitrogen and oxygen atoms in total. The molecule has 0 atom stereocenters. The molecule has 0 bridgehead atoms. The van der Waals surface area contributed by atoms with Gasteiger partial charge in [-0.05, 0) is 24.6 Å². The summed E-state index contributed by atoms with van der Waals surface area (Å²) in [6.45, 7) is 3.92. The first kappa shape index (κ1) is 19.2.